The van der Waals surface area contributed by atoms with E-state index in [0.29, 0.717) is 6.54 Å². The SMILES string of the molecule is CN1CN(CC(=O)c2ccccc2)c2ccccc21. The quantitative estimate of drug-likeness (QED) is 0.785. The zero-order valence-corrected chi connectivity index (χ0v) is 10.9. The number of nitrogens with zero attached hydrogens (tertiary/aromatic N) is 2. The van der Waals surface area contributed by atoms with Crippen molar-refractivity contribution >= 4 is 17.2 Å². The van der Waals surface area contributed by atoms with E-state index < -0.39 is 0 Å². The monoisotopic (exact) mass is 252 g/mol. The maximum atomic E-state index is 12.3. The molecule has 1 aliphatic heterocycles. The van der Waals surface area contributed by atoms with E-state index in [1.165, 1.54) is 5.69 Å². The largest absolute Gasteiger partial charge is 0.355 e. The van der Waals surface area contributed by atoms with E-state index >= 15 is 0 Å². The molecule has 0 fully saturated rings. The highest BCUT2D eigenvalue weighted by Gasteiger charge is 2.24. The summed E-state index contributed by atoms with van der Waals surface area (Å²) < 4.78 is 0. The lowest BCUT2D eigenvalue weighted by Gasteiger charge is -2.18. The number of para-hydroxylation sites is 2. The van der Waals surface area contributed by atoms with E-state index in [1.54, 1.807) is 0 Å². The number of hydrogen-bond acceptors (Lipinski definition) is 3. The molecule has 3 rings (SSSR count). The van der Waals surface area contributed by atoms with Gasteiger partial charge in [-0.1, -0.05) is 42.5 Å². The standard InChI is InChI=1S/C16H16N2O/c1-17-12-18(15-10-6-5-9-14(15)17)11-16(19)13-7-3-2-4-8-13/h2-10H,11-12H2,1H3. The van der Waals surface area contributed by atoms with Crippen LogP contribution in [0.15, 0.2) is 54.6 Å². The molecule has 2 aromatic carbocycles. The molecule has 19 heavy (non-hydrogen) atoms. The smallest absolute Gasteiger partial charge is 0.182 e. The Morgan fingerprint density at radius 3 is 2.37 bits per heavy atom. The van der Waals surface area contributed by atoms with Gasteiger partial charge in [-0.05, 0) is 12.1 Å². The first-order chi connectivity index (χ1) is 9.25. The Labute approximate surface area is 113 Å². The van der Waals surface area contributed by atoms with E-state index in [2.05, 4.69) is 21.9 Å². The average Bonchev–Trinajstić information content (AvgIpc) is 2.77. The van der Waals surface area contributed by atoms with E-state index in [-0.39, 0.29) is 5.78 Å². The minimum Gasteiger partial charge on any atom is -0.355 e. The van der Waals surface area contributed by atoms with E-state index in [1.807, 2.05) is 49.5 Å². The van der Waals surface area contributed by atoms with Gasteiger partial charge in [0, 0.05) is 12.6 Å². The van der Waals surface area contributed by atoms with Crippen molar-refractivity contribution in [2.24, 2.45) is 0 Å². The summed E-state index contributed by atoms with van der Waals surface area (Å²) in [6, 6.07) is 17.7. The Hall–Kier alpha value is -2.29. The molecule has 0 amide bonds. The van der Waals surface area contributed by atoms with Crippen molar-refractivity contribution in [1.29, 1.82) is 0 Å². The fraction of sp³-hybridized carbons (Fsp3) is 0.188. The fourth-order valence-electron chi connectivity index (χ4n) is 2.49. The van der Waals surface area contributed by atoms with Crippen molar-refractivity contribution in [3.63, 3.8) is 0 Å². The summed E-state index contributed by atoms with van der Waals surface area (Å²) in [5, 5.41) is 0. The van der Waals surface area contributed by atoms with Crippen LogP contribution in [0.3, 0.4) is 0 Å². The van der Waals surface area contributed by atoms with Crippen molar-refractivity contribution in [2.45, 2.75) is 0 Å². The third kappa shape index (κ3) is 2.19. The minimum absolute atomic E-state index is 0.158. The summed E-state index contributed by atoms with van der Waals surface area (Å²) in [6.45, 7) is 1.18. The molecule has 0 atom stereocenters. The molecule has 0 saturated heterocycles. The summed E-state index contributed by atoms with van der Waals surface area (Å²) in [5.41, 5.74) is 3.09. The first kappa shape index (κ1) is 11.8. The van der Waals surface area contributed by atoms with E-state index in [4.69, 9.17) is 0 Å². The number of carbonyl (C=O) groups is 1. The molecular formula is C16H16N2O. The van der Waals surface area contributed by atoms with Crippen LogP contribution >= 0.6 is 0 Å². The predicted molar refractivity (Wildman–Crippen MR) is 77.8 cm³/mol. The molecular weight excluding hydrogens is 236 g/mol. The van der Waals surface area contributed by atoms with E-state index in [9.17, 15) is 4.79 Å². The Bertz CT molecular complexity index is 595. The Morgan fingerprint density at radius 2 is 1.63 bits per heavy atom. The second-order valence-corrected chi connectivity index (χ2v) is 4.82. The van der Waals surface area contributed by atoms with E-state index in [0.717, 1.165) is 17.9 Å². The zero-order valence-electron chi connectivity index (χ0n) is 10.9. The van der Waals surface area contributed by atoms with Crippen LogP contribution in [0.5, 0.6) is 0 Å². The number of rotatable bonds is 3. The van der Waals surface area contributed by atoms with Crippen molar-refractivity contribution in [1.82, 2.24) is 0 Å². The minimum atomic E-state index is 0.158. The highest BCUT2D eigenvalue weighted by Crippen LogP contribution is 2.34. The third-order valence-corrected chi connectivity index (χ3v) is 3.45. The van der Waals surface area contributed by atoms with Gasteiger partial charge in [-0.3, -0.25) is 4.79 Å². The molecule has 2 aromatic rings. The lowest BCUT2D eigenvalue weighted by Crippen LogP contribution is -2.32. The summed E-state index contributed by atoms with van der Waals surface area (Å²) in [6.07, 6.45) is 0. The number of Topliss-reactive ketones (excluding diaryl/α,β-unsaturated/α-hetero) is 1. The number of anilines is 2. The maximum Gasteiger partial charge on any atom is 0.182 e. The molecule has 0 spiro atoms. The molecule has 0 bridgehead atoms. The highest BCUT2D eigenvalue weighted by molar-refractivity contribution is 6.00. The molecule has 3 nitrogen and oxygen atoms in total. The fourth-order valence-corrected chi connectivity index (χ4v) is 2.49. The van der Waals surface area contributed by atoms with Crippen LogP contribution in [0, 0.1) is 0 Å². The molecule has 0 N–H and O–H groups in total. The van der Waals surface area contributed by atoms with Crippen LogP contribution in [0.1, 0.15) is 10.4 Å². The Morgan fingerprint density at radius 1 is 1.00 bits per heavy atom. The van der Waals surface area contributed by atoms with Crippen LogP contribution in [-0.4, -0.2) is 26.0 Å². The van der Waals surface area contributed by atoms with Crippen LogP contribution in [0.25, 0.3) is 0 Å². The molecule has 0 saturated carbocycles. The number of fused-ring (bicyclic) bond motifs is 1. The van der Waals surface area contributed by atoms with Crippen LogP contribution < -0.4 is 9.80 Å². The van der Waals surface area contributed by atoms with Gasteiger partial charge in [0.1, 0.15) is 0 Å². The van der Waals surface area contributed by atoms with Gasteiger partial charge in [0.05, 0.1) is 24.6 Å². The summed E-state index contributed by atoms with van der Waals surface area (Å²) in [4.78, 5) is 16.5. The lowest BCUT2D eigenvalue weighted by molar-refractivity contribution is 0.0999. The second kappa shape index (κ2) is 4.76. The van der Waals surface area contributed by atoms with Crippen molar-refractivity contribution in [2.75, 3.05) is 30.1 Å². The number of carbonyl (C=O) groups excluding carboxylic acids is 1. The molecule has 0 aliphatic carbocycles. The second-order valence-electron chi connectivity index (χ2n) is 4.82. The summed E-state index contributed by atoms with van der Waals surface area (Å²) in [7, 11) is 2.05. The van der Waals surface area contributed by atoms with Gasteiger partial charge in [-0.25, -0.2) is 0 Å². The lowest BCUT2D eigenvalue weighted by atomic mass is 10.1. The third-order valence-electron chi connectivity index (χ3n) is 3.45. The molecule has 0 radical (unpaired) electrons. The van der Waals surface area contributed by atoms with Gasteiger partial charge in [0.25, 0.3) is 0 Å². The zero-order chi connectivity index (χ0) is 13.2. The van der Waals surface area contributed by atoms with Crippen LogP contribution in [-0.2, 0) is 0 Å². The maximum absolute atomic E-state index is 12.3. The highest BCUT2D eigenvalue weighted by atomic mass is 16.1. The van der Waals surface area contributed by atoms with Crippen molar-refractivity contribution in [3.8, 4) is 0 Å². The first-order valence-corrected chi connectivity index (χ1v) is 6.39. The van der Waals surface area contributed by atoms with Gasteiger partial charge in [-0.2, -0.15) is 0 Å². The number of ketones is 1. The van der Waals surface area contributed by atoms with Gasteiger partial charge in [0.15, 0.2) is 5.78 Å². The Kier molecular flexibility index (Phi) is 2.95. The van der Waals surface area contributed by atoms with Crippen LogP contribution in [0.2, 0.25) is 0 Å². The van der Waals surface area contributed by atoms with Gasteiger partial charge in [-0.15, -0.1) is 0 Å². The molecule has 3 heteroatoms. The van der Waals surface area contributed by atoms with Crippen molar-refractivity contribution in [3.05, 3.63) is 60.2 Å². The molecule has 0 unspecified atom stereocenters. The topological polar surface area (TPSA) is 23.6 Å². The summed E-state index contributed by atoms with van der Waals surface area (Å²) in [5.74, 6) is 0.158. The molecule has 1 aliphatic rings. The molecule has 96 valence electrons. The first-order valence-electron chi connectivity index (χ1n) is 6.39. The van der Waals surface area contributed by atoms with Crippen molar-refractivity contribution < 1.29 is 4.79 Å². The number of benzene rings is 2. The Balaban J connectivity index is 1.81. The van der Waals surface area contributed by atoms with Gasteiger partial charge in [0.2, 0.25) is 0 Å². The normalized spacial score (nSPS) is 13.5. The van der Waals surface area contributed by atoms with Gasteiger partial charge >= 0.3 is 0 Å². The summed E-state index contributed by atoms with van der Waals surface area (Å²) >= 11 is 0. The molecule has 1 heterocycles. The number of hydrogen-bond donors (Lipinski definition) is 0. The average molecular weight is 252 g/mol. The molecule has 0 aromatic heterocycles. The van der Waals surface area contributed by atoms with Gasteiger partial charge < -0.3 is 9.80 Å². The predicted octanol–water partition coefficient (Wildman–Crippen LogP) is 2.78. The van der Waals surface area contributed by atoms with Crippen LogP contribution in [0.4, 0.5) is 11.4 Å².